The molecule has 0 heterocycles. The molecule has 0 N–H and O–H groups in total. The van der Waals surface area contributed by atoms with Crippen LogP contribution in [0.4, 0.5) is 0 Å². The molecule has 0 amide bonds. The number of hydrogen-bond acceptors (Lipinski definition) is 0. The molecule has 0 spiro atoms. The molecular weight excluding hydrogens is 714 g/mol. The average molecular weight is 805 g/mol. The van der Waals surface area contributed by atoms with E-state index in [0.717, 1.165) is 0 Å². The summed E-state index contributed by atoms with van der Waals surface area (Å²) in [7, 11) is -7.22. The SMILES string of the molecule is CC[Si](CC)(CC)[C-]([Si](CC)(CC)CC)[Si](CC)(CC)CC.CC[Si](CC)(CC)[C-]([Si](CC)(CC)CC)[Si](CC)(CC)CC.[Y]. The summed E-state index contributed by atoms with van der Waals surface area (Å²) in [5.41, 5.74) is 0. The largest absolute Gasteiger partial charge is 0.309 e. The van der Waals surface area contributed by atoms with Crippen molar-refractivity contribution in [2.75, 3.05) is 0 Å². The fourth-order valence-electron chi connectivity index (χ4n) is 11.1. The van der Waals surface area contributed by atoms with Gasteiger partial charge in [-0.1, -0.05) is 282 Å². The summed E-state index contributed by atoms with van der Waals surface area (Å²) in [6, 6.07) is 27.2. The molecular formula is C38H90Si6Y-2. The third kappa shape index (κ3) is 10.7. The van der Waals surface area contributed by atoms with Crippen molar-refractivity contribution < 1.29 is 32.7 Å². The van der Waals surface area contributed by atoms with E-state index in [9.17, 15) is 0 Å². The molecule has 0 aromatic rings. The summed E-state index contributed by atoms with van der Waals surface area (Å²) < 4.78 is 0. The van der Waals surface area contributed by atoms with Crippen molar-refractivity contribution in [1.82, 2.24) is 0 Å². The summed E-state index contributed by atoms with van der Waals surface area (Å²) in [6.07, 6.45) is 0. The fourth-order valence-corrected chi connectivity index (χ4v) is 72.5. The number of hydrogen-bond donors (Lipinski definition) is 0. The molecule has 0 nitrogen and oxygen atoms in total. The Morgan fingerprint density at radius 1 is 0.200 bits per heavy atom. The first-order valence-corrected chi connectivity index (χ1v) is 36.3. The molecule has 0 saturated heterocycles. The van der Waals surface area contributed by atoms with Crippen LogP contribution >= 0.6 is 0 Å². The molecule has 0 fully saturated rings. The van der Waals surface area contributed by atoms with Gasteiger partial charge in [-0.2, -0.15) is 0 Å². The molecule has 0 bridgehead atoms. The molecule has 0 aliphatic heterocycles. The van der Waals surface area contributed by atoms with Crippen molar-refractivity contribution in [2.24, 2.45) is 0 Å². The Morgan fingerprint density at radius 2 is 0.267 bits per heavy atom. The van der Waals surface area contributed by atoms with E-state index in [1.807, 2.05) is 0 Å². The zero-order valence-electron chi connectivity index (χ0n) is 35.3. The minimum absolute atomic E-state index is 0. The standard InChI is InChI=1S/2C19H45Si3.Y/c2*1-10-20(11-2,12-3)19(21(13-4,14-5)15-6)22(16-7,17-8)18-9;/h2*10-18H2,1-9H3;/q2*-1;. The van der Waals surface area contributed by atoms with Crippen LogP contribution in [0.2, 0.25) is 109 Å². The monoisotopic (exact) mass is 803 g/mol. The van der Waals surface area contributed by atoms with Crippen molar-refractivity contribution in [3.05, 3.63) is 9.58 Å². The third-order valence-electron chi connectivity index (χ3n) is 15.4. The molecule has 0 aromatic carbocycles. The van der Waals surface area contributed by atoms with Crippen LogP contribution in [0.5, 0.6) is 0 Å². The van der Waals surface area contributed by atoms with E-state index in [4.69, 9.17) is 0 Å². The van der Waals surface area contributed by atoms with Gasteiger partial charge in [0.1, 0.15) is 0 Å². The Bertz CT molecular complexity index is 500. The van der Waals surface area contributed by atoms with E-state index in [1.165, 1.54) is 109 Å². The second-order valence-corrected chi connectivity index (χ2v) is 48.9. The Balaban J connectivity index is -0.000000767. The van der Waals surface area contributed by atoms with Gasteiger partial charge in [-0.25, -0.2) is 0 Å². The number of rotatable bonds is 24. The maximum absolute atomic E-state index is 2.54. The minimum atomic E-state index is -1.20. The van der Waals surface area contributed by atoms with Gasteiger partial charge in [0, 0.05) is 32.7 Å². The molecule has 0 rings (SSSR count). The Kier molecular flexibility index (Phi) is 28.3. The third-order valence-corrected chi connectivity index (χ3v) is 65.2. The molecule has 0 aliphatic carbocycles. The summed E-state index contributed by atoms with van der Waals surface area (Å²) >= 11 is 0. The second kappa shape index (κ2) is 24.6. The molecule has 1 radical (unpaired) electrons. The van der Waals surface area contributed by atoms with Gasteiger partial charge < -0.3 is 9.58 Å². The normalized spacial score (nSPS) is 13.6. The zero-order chi connectivity index (χ0) is 34.9. The maximum Gasteiger partial charge on any atom is 0 e. The summed E-state index contributed by atoms with van der Waals surface area (Å²) in [5, 5.41) is 0. The molecule has 0 aliphatic rings. The first-order chi connectivity index (χ1) is 20.8. The van der Waals surface area contributed by atoms with Crippen LogP contribution < -0.4 is 0 Å². The van der Waals surface area contributed by atoms with E-state index >= 15 is 0 Å². The van der Waals surface area contributed by atoms with Crippen LogP contribution in [0.3, 0.4) is 0 Å². The predicted molar refractivity (Wildman–Crippen MR) is 230 cm³/mol. The molecule has 0 unspecified atom stereocenters. The van der Waals surface area contributed by atoms with Gasteiger partial charge in [0.25, 0.3) is 0 Å². The van der Waals surface area contributed by atoms with Crippen LogP contribution in [0.15, 0.2) is 0 Å². The van der Waals surface area contributed by atoms with Gasteiger partial charge in [-0.3, -0.25) is 0 Å². The van der Waals surface area contributed by atoms with Crippen molar-refractivity contribution >= 4 is 48.4 Å². The molecule has 0 aromatic heterocycles. The Hall–Kier alpha value is 2.41. The summed E-state index contributed by atoms with van der Waals surface area (Å²) in [6.45, 7) is 45.7. The smallest absolute Gasteiger partial charge is 0 e. The predicted octanol–water partition coefficient (Wildman–Crippen LogP) is 15.4. The van der Waals surface area contributed by atoms with Gasteiger partial charge in [0.05, 0.1) is 0 Å². The molecule has 7 heteroatoms. The average Bonchev–Trinajstić information content (AvgIpc) is 3.10. The second-order valence-electron chi connectivity index (χ2n) is 14.8. The van der Waals surface area contributed by atoms with Gasteiger partial charge in [0.15, 0.2) is 0 Å². The van der Waals surface area contributed by atoms with Crippen molar-refractivity contribution in [2.45, 2.75) is 233 Å². The van der Waals surface area contributed by atoms with Gasteiger partial charge >= 0.3 is 0 Å². The van der Waals surface area contributed by atoms with Crippen LogP contribution in [0.25, 0.3) is 0 Å². The van der Waals surface area contributed by atoms with Gasteiger partial charge in [0.2, 0.25) is 0 Å². The van der Waals surface area contributed by atoms with E-state index in [1.54, 1.807) is 0 Å². The fraction of sp³-hybridized carbons (Fsp3) is 0.947. The maximum atomic E-state index is 2.54. The van der Waals surface area contributed by atoms with E-state index in [0.29, 0.717) is 0 Å². The Morgan fingerprint density at radius 3 is 0.311 bits per heavy atom. The topological polar surface area (TPSA) is 0 Å². The van der Waals surface area contributed by atoms with Crippen LogP contribution in [0, 0.1) is 9.58 Å². The van der Waals surface area contributed by atoms with Gasteiger partial charge in [-0.15, -0.1) is 0 Å². The van der Waals surface area contributed by atoms with E-state index < -0.39 is 48.4 Å². The summed E-state index contributed by atoms with van der Waals surface area (Å²) in [5.74, 6) is 0. The Labute approximate surface area is 321 Å². The minimum Gasteiger partial charge on any atom is -0.309 e. The molecule has 0 saturated carbocycles. The quantitative estimate of drug-likeness (QED) is 0.0673. The zero-order valence-corrected chi connectivity index (χ0v) is 44.1. The van der Waals surface area contributed by atoms with E-state index in [-0.39, 0.29) is 32.7 Å². The van der Waals surface area contributed by atoms with Crippen molar-refractivity contribution in [3.8, 4) is 0 Å². The van der Waals surface area contributed by atoms with Gasteiger partial charge in [-0.05, 0) is 0 Å². The molecule has 271 valence electrons. The van der Waals surface area contributed by atoms with Crippen LogP contribution in [-0.4, -0.2) is 48.4 Å². The van der Waals surface area contributed by atoms with Crippen LogP contribution in [0.1, 0.15) is 125 Å². The first-order valence-electron chi connectivity index (χ1n) is 20.6. The first kappa shape index (κ1) is 51.8. The van der Waals surface area contributed by atoms with E-state index in [2.05, 4.69) is 134 Å². The van der Waals surface area contributed by atoms with Crippen LogP contribution in [-0.2, 0) is 32.7 Å². The molecule has 45 heavy (non-hydrogen) atoms. The van der Waals surface area contributed by atoms with Crippen molar-refractivity contribution in [3.63, 3.8) is 0 Å². The van der Waals surface area contributed by atoms with Crippen molar-refractivity contribution in [1.29, 1.82) is 0 Å². The molecule has 0 atom stereocenters. The summed E-state index contributed by atoms with van der Waals surface area (Å²) in [4.78, 5) is 4.75.